The fourth-order valence-electron chi connectivity index (χ4n) is 2.02. The van der Waals surface area contributed by atoms with Crippen LogP contribution in [0.1, 0.15) is 18.5 Å². The summed E-state index contributed by atoms with van der Waals surface area (Å²) < 4.78 is 5.48. The molecule has 1 amide bonds. The minimum atomic E-state index is -0.0752. The summed E-state index contributed by atoms with van der Waals surface area (Å²) in [4.78, 5) is 13.9. The molecule has 0 radical (unpaired) electrons. The van der Waals surface area contributed by atoms with Gasteiger partial charge in [0.25, 0.3) is 5.91 Å². The van der Waals surface area contributed by atoms with Gasteiger partial charge in [-0.3, -0.25) is 4.79 Å². The van der Waals surface area contributed by atoms with Crippen LogP contribution in [0.3, 0.4) is 0 Å². The minimum Gasteiger partial charge on any atom is -0.484 e. The molecule has 2 rings (SSSR count). The third-order valence-corrected chi connectivity index (χ3v) is 3.48. The highest BCUT2D eigenvalue weighted by atomic mass is 16.5. The molecule has 0 aromatic heterocycles. The number of carbonyl (C=O) groups is 1. The Morgan fingerprint density at radius 1 is 1.19 bits per heavy atom. The lowest BCUT2D eigenvalue weighted by Gasteiger charge is -2.25. The molecule has 2 aromatic rings. The van der Waals surface area contributed by atoms with Crippen LogP contribution in [-0.4, -0.2) is 24.5 Å². The number of nitrogen functional groups attached to an aromatic ring is 1. The van der Waals surface area contributed by atoms with E-state index in [-0.39, 0.29) is 18.6 Å². The molecule has 0 heterocycles. The van der Waals surface area contributed by atoms with E-state index in [4.69, 9.17) is 10.5 Å². The summed E-state index contributed by atoms with van der Waals surface area (Å²) in [5, 5.41) is 0. The van der Waals surface area contributed by atoms with Crippen molar-refractivity contribution in [3.8, 4) is 5.75 Å². The number of rotatable bonds is 5. The second kappa shape index (κ2) is 6.79. The molecule has 0 aliphatic rings. The molecule has 0 aliphatic heterocycles. The van der Waals surface area contributed by atoms with Crippen LogP contribution in [0, 0.1) is 0 Å². The number of hydrogen-bond acceptors (Lipinski definition) is 3. The molecule has 0 saturated heterocycles. The highest BCUT2D eigenvalue weighted by Gasteiger charge is 2.17. The summed E-state index contributed by atoms with van der Waals surface area (Å²) in [5.41, 5.74) is 7.39. The van der Waals surface area contributed by atoms with E-state index in [0.29, 0.717) is 11.4 Å². The van der Waals surface area contributed by atoms with E-state index in [0.717, 1.165) is 5.56 Å². The Morgan fingerprint density at radius 3 is 2.57 bits per heavy atom. The van der Waals surface area contributed by atoms with E-state index in [1.54, 1.807) is 36.2 Å². The molecule has 110 valence electrons. The van der Waals surface area contributed by atoms with Gasteiger partial charge >= 0.3 is 0 Å². The van der Waals surface area contributed by atoms with Crippen molar-refractivity contribution >= 4 is 11.6 Å². The first-order valence-corrected chi connectivity index (χ1v) is 6.87. The molecule has 2 N–H and O–H groups in total. The second-order valence-corrected chi connectivity index (χ2v) is 4.95. The maximum atomic E-state index is 12.2. The van der Waals surface area contributed by atoms with Gasteiger partial charge in [0.15, 0.2) is 6.61 Å². The minimum absolute atomic E-state index is 0.00285. The third kappa shape index (κ3) is 3.99. The van der Waals surface area contributed by atoms with Crippen molar-refractivity contribution in [2.75, 3.05) is 19.4 Å². The Kier molecular flexibility index (Phi) is 4.82. The summed E-state index contributed by atoms with van der Waals surface area (Å²) in [5.74, 6) is 0.526. The number of carbonyl (C=O) groups excluding carboxylic acids is 1. The van der Waals surface area contributed by atoms with Crippen LogP contribution < -0.4 is 10.5 Å². The van der Waals surface area contributed by atoms with Gasteiger partial charge in [0.05, 0.1) is 6.04 Å². The molecule has 4 heteroatoms. The Morgan fingerprint density at radius 2 is 1.90 bits per heavy atom. The quantitative estimate of drug-likeness (QED) is 0.859. The van der Waals surface area contributed by atoms with Crippen molar-refractivity contribution in [3.63, 3.8) is 0 Å². The number of nitrogens with two attached hydrogens (primary N) is 1. The number of amides is 1. The maximum Gasteiger partial charge on any atom is 0.260 e. The van der Waals surface area contributed by atoms with Gasteiger partial charge in [0.2, 0.25) is 0 Å². The smallest absolute Gasteiger partial charge is 0.260 e. The van der Waals surface area contributed by atoms with Gasteiger partial charge in [-0.1, -0.05) is 36.4 Å². The molecule has 0 saturated carbocycles. The van der Waals surface area contributed by atoms with Gasteiger partial charge in [-0.25, -0.2) is 0 Å². The first kappa shape index (κ1) is 14.9. The highest BCUT2D eigenvalue weighted by Crippen LogP contribution is 2.19. The Balaban J connectivity index is 1.94. The summed E-state index contributed by atoms with van der Waals surface area (Å²) in [6.45, 7) is 1.99. The lowest BCUT2D eigenvalue weighted by molar-refractivity contribution is -0.134. The van der Waals surface area contributed by atoms with Gasteiger partial charge < -0.3 is 15.4 Å². The molecule has 21 heavy (non-hydrogen) atoms. The lowest BCUT2D eigenvalue weighted by Crippen LogP contribution is -2.33. The van der Waals surface area contributed by atoms with E-state index in [1.807, 2.05) is 37.3 Å². The Bertz CT molecular complexity index is 599. The predicted octanol–water partition coefficient (Wildman–Crippen LogP) is 2.87. The van der Waals surface area contributed by atoms with Crippen LogP contribution in [-0.2, 0) is 4.79 Å². The van der Waals surface area contributed by atoms with E-state index < -0.39 is 0 Å². The Hall–Kier alpha value is -2.49. The SMILES string of the molecule is CC(c1ccccc1)N(C)C(=O)COc1cccc(N)c1. The van der Waals surface area contributed by atoms with E-state index in [1.165, 1.54) is 0 Å². The number of ether oxygens (including phenoxy) is 1. The van der Waals surface area contributed by atoms with Crippen molar-refractivity contribution < 1.29 is 9.53 Å². The molecule has 0 fully saturated rings. The van der Waals surface area contributed by atoms with E-state index in [9.17, 15) is 4.79 Å². The molecule has 1 unspecified atom stereocenters. The van der Waals surface area contributed by atoms with E-state index in [2.05, 4.69) is 0 Å². The van der Waals surface area contributed by atoms with Crippen molar-refractivity contribution in [2.45, 2.75) is 13.0 Å². The third-order valence-electron chi connectivity index (χ3n) is 3.48. The monoisotopic (exact) mass is 284 g/mol. The molecule has 0 aliphatic carbocycles. The van der Waals surface area contributed by atoms with Gasteiger partial charge in [-0.2, -0.15) is 0 Å². The molecular weight excluding hydrogens is 264 g/mol. The number of anilines is 1. The summed E-state index contributed by atoms with van der Waals surface area (Å²) >= 11 is 0. The van der Waals surface area contributed by atoms with Crippen molar-refractivity contribution in [2.24, 2.45) is 0 Å². The van der Waals surface area contributed by atoms with Gasteiger partial charge in [-0.15, -0.1) is 0 Å². The topological polar surface area (TPSA) is 55.6 Å². The van der Waals surface area contributed by atoms with Crippen molar-refractivity contribution in [1.82, 2.24) is 4.90 Å². The lowest BCUT2D eigenvalue weighted by atomic mass is 10.1. The molecule has 1 atom stereocenters. The zero-order valence-electron chi connectivity index (χ0n) is 12.3. The van der Waals surface area contributed by atoms with Crippen LogP contribution in [0.15, 0.2) is 54.6 Å². The molecule has 4 nitrogen and oxygen atoms in total. The van der Waals surface area contributed by atoms with Crippen LogP contribution in [0.4, 0.5) is 5.69 Å². The van der Waals surface area contributed by atoms with Gasteiger partial charge in [0.1, 0.15) is 5.75 Å². The number of likely N-dealkylation sites (N-methyl/N-ethyl adjacent to an activating group) is 1. The average molecular weight is 284 g/mol. The maximum absolute atomic E-state index is 12.2. The van der Waals surface area contributed by atoms with Crippen molar-refractivity contribution in [3.05, 3.63) is 60.2 Å². The fraction of sp³-hybridized carbons (Fsp3) is 0.235. The van der Waals surface area contributed by atoms with Crippen LogP contribution in [0.25, 0.3) is 0 Å². The highest BCUT2D eigenvalue weighted by molar-refractivity contribution is 5.78. The zero-order chi connectivity index (χ0) is 15.2. The Labute approximate surface area is 125 Å². The number of nitrogens with zero attached hydrogens (tertiary/aromatic N) is 1. The largest absolute Gasteiger partial charge is 0.484 e. The number of benzene rings is 2. The zero-order valence-corrected chi connectivity index (χ0v) is 12.3. The van der Waals surface area contributed by atoms with E-state index >= 15 is 0 Å². The van der Waals surface area contributed by atoms with Gasteiger partial charge in [0, 0.05) is 18.8 Å². The number of hydrogen-bond donors (Lipinski definition) is 1. The van der Waals surface area contributed by atoms with Crippen LogP contribution in [0.5, 0.6) is 5.75 Å². The molecule has 2 aromatic carbocycles. The van der Waals surface area contributed by atoms with Crippen LogP contribution >= 0.6 is 0 Å². The average Bonchev–Trinajstić information content (AvgIpc) is 2.52. The van der Waals surface area contributed by atoms with Crippen LogP contribution in [0.2, 0.25) is 0 Å². The molecular formula is C17H20N2O2. The summed E-state index contributed by atoms with van der Waals surface area (Å²) in [6.07, 6.45) is 0. The summed E-state index contributed by atoms with van der Waals surface area (Å²) in [6, 6.07) is 17.0. The summed E-state index contributed by atoms with van der Waals surface area (Å²) in [7, 11) is 1.78. The predicted molar refractivity (Wildman–Crippen MR) is 84.0 cm³/mol. The fourth-order valence-corrected chi connectivity index (χ4v) is 2.02. The second-order valence-electron chi connectivity index (χ2n) is 4.95. The van der Waals surface area contributed by atoms with Crippen molar-refractivity contribution in [1.29, 1.82) is 0 Å². The normalized spacial score (nSPS) is 11.7. The van der Waals surface area contributed by atoms with Gasteiger partial charge in [-0.05, 0) is 24.6 Å². The first-order chi connectivity index (χ1) is 10.1. The standard InChI is InChI=1S/C17H20N2O2/c1-13(14-7-4-3-5-8-14)19(2)17(20)12-21-16-10-6-9-15(18)11-16/h3-11,13H,12,18H2,1-2H3. The molecule has 0 bridgehead atoms. The molecule has 0 spiro atoms. The first-order valence-electron chi connectivity index (χ1n) is 6.87.